The number of methoxy groups -OCH3 is 1. The molecule has 3 heterocycles. The van der Waals surface area contributed by atoms with E-state index in [0.717, 1.165) is 67.9 Å². The van der Waals surface area contributed by atoms with Crippen molar-refractivity contribution < 1.29 is 9.53 Å². The molecule has 2 aliphatic rings. The Morgan fingerprint density at radius 1 is 1.14 bits per heavy atom. The van der Waals surface area contributed by atoms with Crippen molar-refractivity contribution in [3.8, 4) is 11.8 Å². The van der Waals surface area contributed by atoms with Gasteiger partial charge in [-0.05, 0) is 55.5 Å². The first-order chi connectivity index (χ1) is 17.9. The third-order valence-electron chi connectivity index (χ3n) is 6.85. The average molecular weight is 537 g/mol. The van der Waals surface area contributed by atoms with Crippen LogP contribution in [0.15, 0.2) is 34.0 Å². The molecule has 9 heteroatoms. The number of aromatic nitrogens is 1. The zero-order valence-electron chi connectivity index (χ0n) is 21.6. The summed E-state index contributed by atoms with van der Waals surface area (Å²) >= 11 is 6.85. The minimum atomic E-state index is -0.259. The van der Waals surface area contributed by atoms with Crippen LogP contribution in [-0.4, -0.2) is 39.9 Å². The van der Waals surface area contributed by atoms with Gasteiger partial charge in [0, 0.05) is 25.2 Å². The Hall–Kier alpha value is -3.09. The van der Waals surface area contributed by atoms with Gasteiger partial charge >= 0.3 is 0 Å². The molecule has 0 bridgehead atoms. The van der Waals surface area contributed by atoms with Gasteiger partial charge in [-0.25, -0.2) is 0 Å². The molecule has 7 nitrogen and oxygen atoms in total. The van der Waals surface area contributed by atoms with Crippen molar-refractivity contribution in [2.24, 2.45) is 0 Å². The lowest BCUT2D eigenvalue weighted by atomic mass is 10.0. The number of thioether (sulfide) groups is 1. The predicted molar refractivity (Wildman–Crippen MR) is 153 cm³/mol. The summed E-state index contributed by atoms with van der Waals surface area (Å²) < 4.78 is 7.45. The summed E-state index contributed by atoms with van der Waals surface area (Å²) in [6.45, 7) is 6.39. The summed E-state index contributed by atoms with van der Waals surface area (Å²) in [7, 11) is 1.62. The number of nitrogens with zero attached hydrogens (tertiary/aromatic N) is 4. The third-order valence-corrected chi connectivity index (χ3v) is 8.23. The first kappa shape index (κ1) is 27.0. The molecule has 0 unspecified atom stereocenters. The lowest BCUT2D eigenvalue weighted by molar-refractivity contribution is -0.122. The molecule has 1 aromatic heterocycles. The molecule has 1 aromatic carbocycles. The number of carbonyl (C=O) groups is 1. The van der Waals surface area contributed by atoms with E-state index in [1.54, 1.807) is 16.6 Å². The second kappa shape index (κ2) is 12.0. The molecule has 1 amide bonds. The van der Waals surface area contributed by atoms with E-state index >= 15 is 0 Å². The molecular weight excluding hydrogens is 504 g/mol. The fourth-order valence-corrected chi connectivity index (χ4v) is 6.12. The number of hydrogen-bond acceptors (Lipinski definition) is 7. The first-order valence-corrected chi connectivity index (χ1v) is 13.9. The first-order valence-electron chi connectivity index (χ1n) is 12.7. The normalized spacial score (nSPS) is 17.3. The second-order valence-corrected chi connectivity index (χ2v) is 11.0. The fraction of sp³-hybridized carbons (Fsp3) is 0.429. The van der Waals surface area contributed by atoms with Crippen molar-refractivity contribution >= 4 is 46.1 Å². The van der Waals surface area contributed by atoms with Gasteiger partial charge in [-0.2, -0.15) is 5.26 Å². The molecule has 2 saturated heterocycles. The van der Waals surface area contributed by atoms with Crippen LogP contribution in [0.4, 0.5) is 5.82 Å². The Morgan fingerprint density at radius 2 is 1.81 bits per heavy atom. The summed E-state index contributed by atoms with van der Waals surface area (Å²) in [5, 5.41) is 9.85. The second-order valence-electron chi connectivity index (χ2n) is 9.32. The van der Waals surface area contributed by atoms with Gasteiger partial charge in [0.15, 0.2) is 0 Å². The van der Waals surface area contributed by atoms with Crippen LogP contribution in [0.1, 0.15) is 61.3 Å². The zero-order valence-corrected chi connectivity index (χ0v) is 23.2. The fourth-order valence-electron chi connectivity index (χ4n) is 4.88. The average Bonchev–Trinajstić information content (AvgIpc) is 3.07. The lowest BCUT2D eigenvalue weighted by Gasteiger charge is -2.29. The van der Waals surface area contributed by atoms with Crippen LogP contribution in [0, 0.1) is 18.3 Å². The number of hydrogen-bond donors (Lipinski definition) is 0. The highest BCUT2D eigenvalue weighted by Gasteiger charge is 2.33. The number of amides is 1. The Balaban J connectivity index is 1.78. The number of anilines is 1. The smallest absolute Gasteiger partial charge is 0.270 e. The van der Waals surface area contributed by atoms with Crippen LogP contribution in [0.2, 0.25) is 0 Å². The monoisotopic (exact) mass is 536 g/mol. The molecule has 4 rings (SSSR count). The Morgan fingerprint density at radius 3 is 2.41 bits per heavy atom. The number of benzene rings is 1. The van der Waals surface area contributed by atoms with Gasteiger partial charge in [0.2, 0.25) is 0 Å². The van der Waals surface area contributed by atoms with E-state index < -0.39 is 0 Å². The van der Waals surface area contributed by atoms with Gasteiger partial charge in [0.25, 0.3) is 11.5 Å². The van der Waals surface area contributed by atoms with Gasteiger partial charge in [-0.15, -0.1) is 0 Å². The van der Waals surface area contributed by atoms with Crippen LogP contribution in [-0.2, 0) is 17.9 Å². The highest BCUT2D eigenvalue weighted by Crippen LogP contribution is 2.37. The SMILES string of the molecule is CCCn1c(N2CCCCCC2)c(/C=C2/SC(=S)N(Cc3ccc(OC)cc3)C2=O)c(C)c(C#N)c1=O. The molecule has 0 aliphatic carbocycles. The highest BCUT2D eigenvalue weighted by atomic mass is 32.2. The topological polar surface area (TPSA) is 78.6 Å². The molecule has 0 N–H and O–H groups in total. The number of rotatable bonds is 7. The van der Waals surface area contributed by atoms with Gasteiger partial charge < -0.3 is 9.64 Å². The van der Waals surface area contributed by atoms with Crippen molar-refractivity contribution in [1.29, 1.82) is 5.26 Å². The number of carbonyl (C=O) groups excluding carboxylic acids is 1. The van der Waals surface area contributed by atoms with Crippen LogP contribution >= 0.6 is 24.0 Å². The van der Waals surface area contributed by atoms with Crippen molar-refractivity contribution in [2.75, 3.05) is 25.1 Å². The highest BCUT2D eigenvalue weighted by molar-refractivity contribution is 8.26. The Kier molecular flexibility index (Phi) is 8.72. The third kappa shape index (κ3) is 5.60. The van der Waals surface area contributed by atoms with E-state index in [9.17, 15) is 14.9 Å². The maximum Gasteiger partial charge on any atom is 0.270 e. The lowest BCUT2D eigenvalue weighted by Crippen LogP contribution is -2.35. The Bertz CT molecular complexity index is 1320. The maximum absolute atomic E-state index is 13.5. The summed E-state index contributed by atoms with van der Waals surface area (Å²) in [4.78, 5) is 31.2. The van der Waals surface area contributed by atoms with Crippen LogP contribution in [0.25, 0.3) is 6.08 Å². The Labute approximate surface area is 227 Å². The van der Waals surface area contributed by atoms with Crippen LogP contribution in [0.5, 0.6) is 5.75 Å². The van der Waals surface area contributed by atoms with Crippen molar-refractivity contribution in [3.63, 3.8) is 0 Å². The largest absolute Gasteiger partial charge is 0.497 e. The van der Waals surface area contributed by atoms with E-state index in [2.05, 4.69) is 11.0 Å². The standard InChI is InChI=1S/C28H32N4O3S2/c1-4-13-31-25(30-14-7-5-6-8-15-30)22(19(2)23(17-29)26(31)33)16-24-27(34)32(28(36)37-24)18-20-9-11-21(35-3)12-10-20/h9-12,16H,4-8,13-15,18H2,1-3H3/b24-16+. The molecule has 0 saturated carbocycles. The summed E-state index contributed by atoms with van der Waals surface area (Å²) in [6, 6.07) is 9.68. The summed E-state index contributed by atoms with van der Waals surface area (Å²) in [5.74, 6) is 1.39. The van der Waals surface area contributed by atoms with E-state index in [-0.39, 0.29) is 17.0 Å². The van der Waals surface area contributed by atoms with E-state index in [4.69, 9.17) is 17.0 Å². The molecule has 2 fully saturated rings. The number of thiocarbonyl (C=S) groups is 1. The quantitative estimate of drug-likeness (QED) is 0.354. The molecule has 37 heavy (non-hydrogen) atoms. The van der Waals surface area contributed by atoms with Crippen LogP contribution < -0.4 is 15.2 Å². The van der Waals surface area contributed by atoms with Crippen LogP contribution in [0.3, 0.4) is 0 Å². The van der Waals surface area contributed by atoms with Gasteiger partial charge in [0.05, 0.1) is 18.6 Å². The minimum Gasteiger partial charge on any atom is -0.497 e. The van der Waals surface area contributed by atoms with Gasteiger partial charge in [-0.1, -0.05) is 55.9 Å². The molecule has 2 aromatic rings. The van der Waals surface area contributed by atoms with Crippen molar-refractivity contribution in [1.82, 2.24) is 9.47 Å². The maximum atomic E-state index is 13.5. The molecule has 0 radical (unpaired) electrons. The number of ether oxygens (including phenoxy) is 1. The number of pyridine rings is 1. The molecular formula is C28H32N4O3S2. The van der Waals surface area contributed by atoms with E-state index in [1.165, 1.54) is 11.8 Å². The van der Waals surface area contributed by atoms with E-state index in [1.807, 2.05) is 44.2 Å². The molecule has 0 atom stereocenters. The predicted octanol–water partition coefficient (Wildman–Crippen LogP) is 5.23. The van der Waals surface area contributed by atoms with E-state index in [0.29, 0.717) is 27.9 Å². The summed E-state index contributed by atoms with van der Waals surface area (Å²) in [5.41, 5.74) is 2.19. The zero-order chi connectivity index (χ0) is 26.5. The molecule has 0 spiro atoms. The van der Waals surface area contributed by atoms with Crippen molar-refractivity contribution in [3.05, 3.63) is 61.8 Å². The minimum absolute atomic E-state index is 0.131. The molecule has 194 valence electrons. The summed E-state index contributed by atoms with van der Waals surface area (Å²) in [6.07, 6.45) is 7.01. The van der Waals surface area contributed by atoms with Gasteiger partial charge in [-0.3, -0.25) is 19.1 Å². The molecule has 2 aliphatic heterocycles. The number of nitriles is 1. The van der Waals surface area contributed by atoms with Crippen molar-refractivity contribution in [2.45, 2.75) is 59.0 Å². The van der Waals surface area contributed by atoms with Gasteiger partial charge in [0.1, 0.15) is 27.5 Å².